The molecule has 0 fully saturated rings. The Morgan fingerprint density at radius 2 is 1.40 bits per heavy atom. The predicted molar refractivity (Wildman–Crippen MR) is 72.6 cm³/mol. The van der Waals surface area contributed by atoms with E-state index in [0.717, 1.165) is 0 Å². The molecule has 0 bridgehead atoms. The Bertz CT molecular complexity index is 309. The van der Waals surface area contributed by atoms with Gasteiger partial charge in [0.15, 0.2) is 0 Å². The van der Waals surface area contributed by atoms with Gasteiger partial charge in [-0.3, -0.25) is 0 Å². The molecule has 0 radical (unpaired) electrons. The van der Waals surface area contributed by atoms with Gasteiger partial charge in [-0.2, -0.15) is 0 Å². The summed E-state index contributed by atoms with van der Waals surface area (Å²) in [6.07, 6.45) is 1.17. The van der Waals surface area contributed by atoms with Crippen molar-refractivity contribution in [1.82, 2.24) is 0 Å². The van der Waals surface area contributed by atoms with Crippen molar-refractivity contribution < 1.29 is 0 Å². The summed E-state index contributed by atoms with van der Waals surface area (Å²) in [5.74, 6) is 0. The van der Waals surface area contributed by atoms with E-state index in [0.29, 0.717) is 5.41 Å². The SMILES string of the molecule is CC(C)(C)Cc1cc[c]([Sn]([CH3])([CH3])[CH3])cc1. The number of benzene rings is 1. The zero-order valence-electron chi connectivity index (χ0n) is 11.0. The van der Waals surface area contributed by atoms with E-state index in [9.17, 15) is 0 Å². The third kappa shape index (κ3) is 4.58. The summed E-state index contributed by atoms with van der Waals surface area (Å²) in [5, 5.41) is 0. The average molecular weight is 311 g/mol. The molecule has 84 valence electrons. The molecule has 0 heterocycles. The second-order valence-electron chi connectivity index (χ2n) is 6.68. The van der Waals surface area contributed by atoms with E-state index in [1.165, 1.54) is 12.0 Å². The van der Waals surface area contributed by atoms with Crippen LogP contribution in [0.5, 0.6) is 0 Å². The van der Waals surface area contributed by atoms with Crippen molar-refractivity contribution in [1.29, 1.82) is 0 Å². The molecule has 0 aromatic heterocycles. The van der Waals surface area contributed by atoms with E-state index < -0.39 is 18.4 Å². The van der Waals surface area contributed by atoms with Crippen molar-refractivity contribution in [2.45, 2.75) is 42.0 Å². The third-order valence-corrected chi connectivity index (χ3v) is 8.45. The zero-order valence-corrected chi connectivity index (χ0v) is 13.9. The molecule has 1 aromatic rings. The molecule has 1 rings (SSSR count). The van der Waals surface area contributed by atoms with Gasteiger partial charge in [0.05, 0.1) is 0 Å². The first kappa shape index (κ1) is 13.1. The van der Waals surface area contributed by atoms with Crippen LogP contribution in [0.4, 0.5) is 0 Å². The molecule has 0 N–H and O–H groups in total. The fourth-order valence-corrected chi connectivity index (χ4v) is 5.06. The van der Waals surface area contributed by atoms with E-state index in [-0.39, 0.29) is 0 Å². The maximum absolute atomic E-state index is 2.47. The van der Waals surface area contributed by atoms with Crippen molar-refractivity contribution in [3.63, 3.8) is 0 Å². The number of hydrogen-bond donors (Lipinski definition) is 0. The molecule has 0 amide bonds. The third-order valence-electron chi connectivity index (χ3n) is 2.55. The summed E-state index contributed by atoms with van der Waals surface area (Å²) in [6.45, 7) is 6.89. The Kier molecular flexibility index (Phi) is 3.91. The minimum atomic E-state index is -1.82. The van der Waals surface area contributed by atoms with Crippen LogP contribution in [-0.2, 0) is 6.42 Å². The Morgan fingerprint density at radius 1 is 0.933 bits per heavy atom. The molecule has 1 aromatic carbocycles. The molecular weight excluding hydrogens is 287 g/mol. The quantitative estimate of drug-likeness (QED) is 0.729. The average Bonchev–Trinajstić information content (AvgIpc) is 2.00. The van der Waals surface area contributed by atoms with Crippen molar-refractivity contribution in [3.05, 3.63) is 29.8 Å². The molecule has 1 heteroatoms. The van der Waals surface area contributed by atoms with Gasteiger partial charge in [0.1, 0.15) is 0 Å². The second kappa shape index (κ2) is 4.48. The molecule has 0 saturated carbocycles. The van der Waals surface area contributed by atoms with Crippen molar-refractivity contribution in [3.8, 4) is 0 Å². The molecule has 0 nitrogen and oxygen atoms in total. The molecule has 0 unspecified atom stereocenters. The van der Waals surface area contributed by atoms with Crippen LogP contribution in [0.15, 0.2) is 24.3 Å². The van der Waals surface area contributed by atoms with E-state index >= 15 is 0 Å². The normalized spacial score (nSPS) is 12.9. The number of rotatable bonds is 2. The van der Waals surface area contributed by atoms with E-state index in [2.05, 4.69) is 59.9 Å². The summed E-state index contributed by atoms with van der Waals surface area (Å²) in [5.41, 5.74) is 1.87. The van der Waals surface area contributed by atoms with Crippen LogP contribution in [0.2, 0.25) is 14.8 Å². The first-order valence-corrected chi connectivity index (χ1v) is 15.8. The Morgan fingerprint density at radius 3 is 1.73 bits per heavy atom. The summed E-state index contributed by atoms with van der Waals surface area (Å²) in [4.78, 5) is 7.40. The van der Waals surface area contributed by atoms with Crippen LogP contribution in [0.1, 0.15) is 26.3 Å². The van der Waals surface area contributed by atoms with E-state index in [1.54, 1.807) is 3.58 Å². The van der Waals surface area contributed by atoms with Gasteiger partial charge >= 0.3 is 99.2 Å². The second-order valence-corrected chi connectivity index (χ2v) is 21.2. The van der Waals surface area contributed by atoms with Crippen LogP contribution in [0.3, 0.4) is 0 Å². The van der Waals surface area contributed by atoms with Crippen LogP contribution in [0.25, 0.3) is 0 Å². The fraction of sp³-hybridized carbons (Fsp3) is 0.571. The summed E-state index contributed by atoms with van der Waals surface area (Å²) in [6, 6.07) is 9.36. The van der Waals surface area contributed by atoms with E-state index in [4.69, 9.17) is 0 Å². The van der Waals surface area contributed by atoms with Crippen LogP contribution in [0, 0.1) is 5.41 Å². The molecule has 0 spiro atoms. The topological polar surface area (TPSA) is 0 Å². The Labute approximate surface area is 99.0 Å². The fourth-order valence-electron chi connectivity index (χ4n) is 1.73. The van der Waals surface area contributed by atoms with Gasteiger partial charge in [0.25, 0.3) is 0 Å². The van der Waals surface area contributed by atoms with Gasteiger partial charge in [-0.1, -0.05) is 0 Å². The van der Waals surface area contributed by atoms with Gasteiger partial charge in [-0.15, -0.1) is 0 Å². The Balaban J connectivity index is 2.82. The van der Waals surface area contributed by atoms with Crippen molar-refractivity contribution in [2.24, 2.45) is 5.41 Å². The summed E-state index contributed by atoms with van der Waals surface area (Å²) < 4.78 is 1.63. The Hall–Kier alpha value is 0.0187. The standard InChI is InChI=1S/C11H15.3CH3.Sn/c1-11(2,3)9-10-7-5-4-6-8-10;;;;/h5-8H,9H2,1-3H3;3*1H3;. The molecular formula is C14H24Sn. The summed E-state index contributed by atoms with van der Waals surface area (Å²) in [7, 11) is 0. The maximum atomic E-state index is 2.47. The monoisotopic (exact) mass is 312 g/mol. The van der Waals surface area contributed by atoms with Gasteiger partial charge in [-0.05, 0) is 0 Å². The van der Waals surface area contributed by atoms with Crippen LogP contribution < -0.4 is 3.58 Å². The first-order chi connectivity index (χ1) is 6.68. The van der Waals surface area contributed by atoms with Gasteiger partial charge < -0.3 is 0 Å². The molecule has 0 saturated heterocycles. The molecule has 0 aliphatic carbocycles. The minimum absolute atomic E-state index is 0.395. The van der Waals surface area contributed by atoms with Crippen molar-refractivity contribution in [2.75, 3.05) is 0 Å². The number of hydrogen-bond acceptors (Lipinski definition) is 0. The molecule has 15 heavy (non-hydrogen) atoms. The predicted octanol–water partition coefficient (Wildman–Crippen LogP) is 3.82. The van der Waals surface area contributed by atoms with Crippen LogP contribution >= 0.6 is 0 Å². The van der Waals surface area contributed by atoms with Gasteiger partial charge in [-0.25, -0.2) is 0 Å². The van der Waals surface area contributed by atoms with Crippen LogP contribution in [-0.4, -0.2) is 18.4 Å². The van der Waals surface area contributed by atoms with Gasteiger partial charge in [0.2, 0.25) is 0 Å². The molecule has 0 aliphatic rings. The van der Waals surface area contributed by atoms with Crippen molar-refractivity contribution >= 4 is 22.0 Å². The first-order valence-electron chi connectivity index (χ1n) is 5.78. The molecule has 0 atom stereocenters. The molecule has 0 aliphatic heterocycles. The zero-order chi connectivity index (χ0) is 11.7. The van der Waals surface area contributed by atoms with Gasteiger partial charge in [0, 0.05) is 0 Å². The summed E-state index contributed by atoms with van der Waals surface area (Å²) >= 11 is -1.82. The van der Waals surface area contributed by atoms with E-state index in [1.807, 2.05) is 0 Å².